The third-order valence-electron chi connectivity index (χ3n) is 4.30. The van der Waals surface area contributed by atoms with Gasteiger partial charge >= 0.3 is 0 Å². The van der Waals surface area contributed by atoms with Crippen LogP contribution in [-0.4, -0.2) is 9.13 Å². The molecule has 0 spiro atoms. The van der Waals surface area contributed by atoms with E-state index in [1.807, 2.05) is 12.2 Å². The van der Waals surface area contributed by atoms with Gasteiger partial charge < -0.3 is 9.13 Å². The maximum Gasteiger partial charge on any atom is 0.0563 e. The lowest BCUT2D eigenvalue weighted by molar-refractivity contribution is 0.866. The van der Waals surface area contributed by atoms with Gasteiger partial charge in [0.05, 0.1) is 11.0 Å². The van der Waals surface area contributed by atoms with Gasteiger partial charge in [-0.25, -0.2) is 0 Å². The largest absolute Gasteiger partial charge is 0.343 e. The molecule has 0 atom stereocenters. The van der Waals surface area contributed by atoms with Crippen LogP contribution in [0.5, 0.6) is 0 Å². The number of hydrogen-bond acceptors (Lipinski definition) is 0. The summed E-state index contributed by atoms with van der Waals surface area (Å²) in [5.74, 6) is 0. The Hall–Kier alpha value is -2.74. The second kappa shape index (κ2) is 4.92. The van der Waals surface area contributed by atoms with Gasteiger partial charge in [-0.2, -0.15) is 0 Å². The van der Waals surface area contributed by atoms with E-state index in [1.165, 1.54) is 32.6 Å². The predicted molar refractivity (Wildman–Crippen MR) is 95.3 cm³/mol. The van der Waals surface area contributed by atoms with Gasteiger partial charge in [0.2, 0.25) is 0 Å². The molecule has 2 heteroatoms. The second-order valence-electron chi connectivity index (χ2n) is 5.62. The molecule has 2 heterocycles. The van der Waals surface area contributed by atoms with E-state index in [4.69, 9.17) is 0 Å². The van der Waals surface area contributed by atoms with Crippen molar-refractivity contribution < 1.29 is 0 Å². The Morgan fingerprint density at radius 2 is 1.14 bits per heavy atom. The molecule has 0 bridgehead atoms. The van der Waals surface area contributed by atoms with Crippen molar-refractivity contribution >= 4 is 32.6 Å². The highest BCUT2D eigenvalue weighted by Gasteiger charge is 2.10. The maximum atomic E-state index is 3.87. The van der Waals surface area contributed by atoms with Crippen LogP contribution in [-0.2, 0) is 13.1 Å². The van der Waals surface area contributed by atoms with Crippen LogP contribution in [0.4, 0.5) is 0 Å². The summed E-state index contributed by atoms with van der Waals surface area (Å²) in [4.78, 5) is 0. The van der Waals surface area contributed by atoms with Crippen molar-refractivity contribution in [2.24, 2.45) is 0 Å². The molecule has 0 N–H and O–H groups in total. The first kappa shape index (κ1) is 13.0. The van der Waals surface area contributed by atoms with Crippen molar-refractivity contribution in [3.8, 4) is 0 Å². The Balaban J connectivity index is 2.16. The molecule has 0 fully saturated rings. The molecule has 0 unspecified atom stereocenters. The summed E-state index contributed by atoms with van der Waals surface area (Å²) in [7, 11) is 0. The Labute approximate surface area is 129 Å². The summed E-state index contributed by atoms with van der Waals surface area (Å²) in [6.07, 6.45) is 8.16. The monoisotopic (exact) mass is 286 g/mol. The van der Waals surface area contributed by atoms with E-state index in [2.05, 4.69) is 71.1 Å². The average molecular weight is 286 g/mol. The third-order valence-corrected chi connectivity index (χ3v) is 4.30. The third kappa shape index (κ3) is 1.74. The lowest BCUT2D eigenvalue weighted by Gasteiger charge is -2.09. The summed E-state index contributed by atoms with van der Waals surface area (Å²) in [6.45, 7) is 9.39. The molecular weight excluding hydrogens is 268 g/mol. The molecule has 0 aliphatic rings. The first-order valence-electron chi connectivity index (χ1n) is 7.54. The van der Waals surface area contributed by atoms with Crippen LogP contribution in [0.3, 0.4) is 0 Å². The van der Waals surface area contributed by atoms with Crippen LogP contribution in [0, 0.1) is 0 Å². The molecule has 2 aromatic carbocycles. The van der Waals surface area contributed by atoms with Crippen LogP contribution in [0.15, 0.2) is 74.1 Å². The molecule has 4 aromatic rings. The predicted octanol–water partition coefficient (Wildman–Crippen LogP) is 5.12. The molecule has 0 aliphatic heterocycles. The number of rotatable bonds is 4. The standard InChI is InChI=1S/C20H18N2/c1-3-11-21-13-9-15-5-8-18-17(19(15)21)7-6-16-10-14-22(12-4-2)20(16)18/h3-10,13-14H,1-2,11-12H2. The minimum absolute atomic E-state index is 0.828. The fraction of sp³-hybridized carbons (Fsp3) is 0.100. The maximum absolute atomic E-state index is 3.87. The molecule has 4 rings (SSSR count). The van der Waals surface area contributed by atoms with Crippen LogP contribution >= 0.6 is 0 Å². The van der Waals surface area contributed by atoms with Crippen molar-refractivity contribution in [2.75, 3.05) is 0 Å². The van der Waals surface area contributed by atoms with Crippen molar-refractivity contribution in [1.29, 1.82) is 0 Å². The summed E-state index contributed by atoms with van der Waals surface area (Å²) in [5.41, 5.74) is 2.57. The number of aromatic nitrogens is 2. The van der Waals surface area contributed by atoms with Gasteiger partial charge in [0, 0.05) is 47.0 Å². The zero-order valence-electron chi connectivity index (χ0n) is 12.5. The van der Waals surface area contributed by atoms with Gasteiger partial charge in [0.25, 0.3) is 0 Å². The van der Waals surface area contributed by atoms with Crippen LogP contribution in [0.25, 0.3) is 32.6 Å². The van der Waals surface area contributed by atoms with Crippen molar-refractivity contribution in [3.05, 3.63) is 74.1 Å². The van der Waals surface area contributed by atoms with Gasteiger partial charge in [-0.3, -0.25) is 0 Å². The molecule has 0 saturated carbocycles. The molecule has 22 heavy (non-hydrogen) atoms. The zero-order chi connectivity index (χ0) is 15.1. The SMILES string of the molecule is C=CCn1ccc2ccc3c(ccc4ccn(CC=C)c43)c21. The number of hydrogen-bond donors (Lipinski definition) is 0. The average Bonchev–Trinajstić information content (AvgIpc) is 3.13. The van der Waals surface area contributed by atoms with Gasteiger partial charge in [-0.1, -0.05) is 36.4 Å². The summed E-state index contributed by atoms with van der Waals surface area (Å²) in [6, 6.07) is 13.2. The Morgan fingerprint density at radius 1 is 0.682 bits per heavy atom. The van der Waals surface area contributed by atoms with E-state index in [0.29, 0.717) is 0 Å². The van der Waals surface area contributed by atoms with Gasteiger partial charge in [0.1, 0.15) is 0 Å². The molecule has 0 radical (unpaired) electrons. The molecule has 0 saturated heterocycles. The van der Waals surface area contributed by atoms with Crippen LogP contribution < -0.4 is 0 Å². The zero-order valence-corrected chi connectivity index (χ0v) is 12.5. The van der Waals surface area contributed by atoms with E-state index in [0.717, 1.165) is 13.1 Å². The molecule has 0 aliphatic carbocycles. The summed E-state index contributed by atoms with van der Waals surface area (Å²) >= 11 is 0. The van der Waals surface area contributed by atoms with E-state index in [1.54, 1.807) is 0 Å². The first-order chi connectivity index (χ1) is 10.8. The Bertz CT molecular complexity index is 931. The quantitative estimate of drug-likeness (QED) is 0.461. The molecule has 108 valence electrons. The second-order valence-corrected chi connectivity index (χ2v) is 5.62. The van der Waals surface area contributed by atoms with Gasteiger partial charge in [-0.15, -0.1) is 13.2 Å². The van der Waals surface area contributed by atoms with E-state index < -0.39 is 0 Å². The van der Waals surface area contributed by atoms with Crippen molar-refractivity contribution in [3.63, 3.8) is 0 Å². The topological polar surface area (TPSA) is 9.86 Å². The summed E-state index contributed by atoms with van der Waals surface area (Å²) in [5, 5.41) is 5.13. The normalized spacial score (nSPS) is 11.5. The number of fused-ring (bicyclic) bond motifs is 5. The van der Waals surface area contributed by atoms with Crippen LogP contribution in [0.1, 0.15) is 0 Å². The highest BCUT2D eigenvalue weighted by molar-refractivity contribution is 6.15. The fourth-order valence-corrected chi connectivity index (χ4v) is 3.39. The lowest BCUT2D eigenvalue weighted by Crippen LogP contribution is -1.95. The number of benzene rings is 2. The van der Waals surface area contributed by atoms with Gasteiger partial charge in [0.15, 0.2) is 0 Å². The van der Waals surface area contributed by atoms with E-state index >= 15 is 0 Å². The number of nitrogens with zero attached hydrogens (tertiary/aromatic N) is 2. The van der Waals surface area contributed by atoms with Gasteiger partial charge in [-0.05, 0) is 12.1 Å². The van der Waals surface area contributed by atoms with E-state index in [-0.39, 0.29) is 0 Å². The van der Waals surface area contributed by atoms with Crippen molar-refractivity contribution in [2.45, 2.75) is 13.1 Å². The van der Waals surface area contributed by atoms with Crippen molar-refractivity contribution in [1.82, 2.24) is 9.13 Å². The smallest absolute Gasteiger partial charge is 0.0563 e. The summed E-state index contributed by atoms with van der Waals surface area (Å²) < 4.78 is 4.52. The fourth-order valence-electron chi connectivity index (χ4n) is 3.39. The minimum Gasteiger partial charge on any atom is -0.343 e. The molecule has 2 aromatic heterocycles. The van der Waals surface area contributed by atoms with E-state index in [9.17, 15) is 0 Å². The Kier molecular flexibility index (Phi) is 2.90. The minimum atomic E-state index is 0.828. The first-order valence-corrected chi connectivity index (χ1v) is 7.54. The Morgan fingerprint density at radius 3 is 1.55 bits per heavy atom. The molecule has 0 amide bonds. The molecule has 2 nitrogen and oxygen atoms in total. The molecular formula is C20H18N2. The van der Waals surface area contributed by atoms with Crippen LogP contribution in [0.2, 0.25) is 0 Å². The lowest BCUT2D eigenvalue weighted by atomic mass is 10.0. The highest BCUT2D eigenvalue weighted by Crippen LogP contribution is 2.32. The number of allylic oxidation sites excluding steroid dienone is 2. The highest BCUT2D eigenvalue weighted by atomic mass is 15.0.